The van der Waals surface area contributed by atoms with E-state index in [9.17, 15) is 4.79 Å². The maximum atomic E-state index is 11.0. The van der Waals surface area contributed by atoms with E-state index in [2.05, 4.69) is 39.1 Å². The number of benzene rings is 1. The Morgan fingerprint density at radius 3 is 2.12 bits per heavy atom. The minimum Gasteiger partial charge on any atom is -0.387 e. The third-order valence-corrected chi connectivity index (χ3v) is 3.13. The molecule has 88 valence electrons. The van der Waals surface area contributed by atoms with Crippen molar-refractivity contribution in [2.24, 2.45) is 0 Å². The molecule has 0 aliphatic carbocycles. The standard InChI is InChI=1S/C13H19NO2/c1-8-5-9(2)11(4)12(10(8)3)6-14-13(16)7-15/h5,15H,6-7H2,1-4H3,(H,14,16). The molecule has 0 saturated carbocycles. The molecule has 3 nitrogen and oxygen atoms in total. The average molecular weight is 221 g/mol. The molecule has 0 radical (unpaired) electrons. The van der Waals surface area contributed by atoms with Gasteiger partial charge in [-0.2, -0.15) is 0 Å². The zero-order valence-corrected chi connectivity index (χ0v) is 10.3. The van der Waals surface area contributed by atoms with Gasteiger partial charge in [-0.15, -0.1) is 0 Å². The van der Waals surface area contributed by atoms with E-state index >= 15 is 0 Å². The van der Waals surface area contributed by atoms with Gasteiger partial charge in [0, 0.05) is 6.54 Å². The second kappa shape index (κ2) is 5.12. The molecular formula is C13H19NO2. The predicted octanol–water partition coefficient (Wildman–Crippen LogP) is 1.53. The fraction of sp³-hybridized carbons (Fsp3) is 0.462. The Balaban J connectivity index is 2.99. The molecular weight excluding hydrogens is 202 g/mol. The number of carbonyl (C=O) groups excluding carboxylic acids is 1. The second-order valence-corrected chi connectivity index (χ2v) is 4.17. The van der Waals surface area contributed by atoms with Gasteiger partial charge in [0.1, 0.15) is 6.61 Å². The van der Waals surface area contributed by atoms with Crippen LogP contribution in [0.2, 0.25) is 0 Å². The summed E-state index contributed by atoms with van der Waals surface area (Å²) in [6.45, 7) is 8.28. The van der Waals surface area contributed by atoms with Gasteiger partial charge in [-0.25, -0.2) is 0 Å². The van der Waals surface area contributed by atoms with Gasteiger partial charge in [-0.05, 0) is 55.5 Å². The first-order valence-corrected chi connectivity index (χ1v) is 5.41. The molecule has 0 atom stereocenters. The van der Waals surface area contributed by atoms with Gasteiger partial charge in [0.05, 0.1) is 0 Å². The quantitative estimate of drug-likeness (QED) is 0.813. The van der Waals surface area contributed by atoms with E-state index in [-0.39, 0.29) is 5.91 Å². The average Bonchev–Trinajstić information content (AvgIpc) is 2.26. The number of rotatable bonds is 3. The van der Waals surface area contributed by atoms with Crippen LogP contribution in [0.15, 0.2) is 6.07 Å². The maximum Gasteiger partial charge on any atom is 0.245 e. The van der Waals surface area contributed by atoms with Crippen LogP contribution in [0, 0.1) is 27.7 Å². The lowest BCUT2D eigenvalue weighted by Gasteiger charge is -2.15. The lowest BCUT2D eigenvalue weighted by Crippen LogP contribution is -2.26. The van der Waals surface area contributed by atoms with Crippen molar-refractivity contribution in [3.05, 3.63) is 33.9 Å². The first kappa shape index (κ1) is 12.7. The van der Waals surface area contributed by atoms with Crippen molar-refractivity contribution >= 4 is 5.91 Å². The topological polar surface area (TPSA) is 49.3 Å². The Bertz CT molecular complexity index is 385. The van der Waals surface area contributed by atoms with Crippen molar-refractivity contribution < 1.29 is 9.90 Å². The summed E-state index contributed by atoms with van der Waals surface area (Å²) in [6.07, 6.45) is 0. The highest BCUT2D eigenvalue weighted by atomic mass is 16.3. The summed E-state index contributed by atoms with van der Waals surface area (Å²) in [7, 11) is 0. The SMILES string of the molecule is Cc1cc(C)c(C)c(CNC(=O)CO)c1C. The molecule has 0 fully saturated rings. The molecule has 1 rings (SSSR count). The van der Waals surface area contributed by atoms with Crippen LogP contribution in [0.3, 0.4) is 0 Å². The Labute approximate surface area is 96.5 Å². The van der Waals surface area contributed by atoms with Crippen LogP contribution in [0.4, 0.5) is 0 Å². The molecule has 0 heterocycles. The number of hydrogen-bond acceptors (Lipinski definition) is 2. The minimum atomic E-state index is -0.455. The Morgan fingerprint density at radius 2 is 1.69 bits per heavy atom. The van der Waals surface area contributed by atoms with Gasteiger partial charge in [-0.3, -0.25) is 4.79 Å². The lowest BCUT2D eigenvalue weighted by atomic mass is 9.94. The minimum absolute atomic E-state index is 0.335. The van der Waals surface area contributed by atoms with E-state index in [0.29, 0.717) is 6.54 Å². The number of nitrogens with one attached hydrogen (secondary N) is 1. The van der Waals surface area contributed by atoms with E-state index in [1.54, 1.807) is 0 Å². The Morgan fingerprint density at radius 1 is 1.19 bits per heavy atom. The van der Waals surface area contributed by atoms with Crippen molar-refractivity contribution in [1.29, 1.82) is 0 Å². The van der Waals surface area contributed by atoms with Gasteiger partial charge >= 0.3 is 0 Å². The van der Waals surface area contributed by atoms with E-state index in [1.807, 2.05) is 0 Å². The molecule has 0 saturated heterocycles. The fourth-order valence-electron chi connectivity index (χ4n) is 1.81. The van der Waals surface area contributed by atoms with E-state index < -0.39 is 6.61 Å². The van der Waals surface area contributed by atoms with Crippen LogP contribution < -0.4 is 5.32 Å². The molecule has 1 aromatic carbocycles. The molecule has 0 aliphatic rings. The smallest absolute Gasteiger partial charge is 0.245 e. The Kier molecular flexibility index (Phi) is 4.07. The number of aliphatic hydroxyl groups is 1. The molecule has 1 aromatic rings. The van der Waals surface area contributed by atoms with Gasteiger partial charge in [-0.1, -0.05) is 6.07 Å². The number of aryl methyl sites for hydroxylation is 2. The van der Waals surface area contributed by atoms with Crippen molar-refractivity contribution in [1.82, 2.24) is 5.32 Å². The predicted molar refractivity (Wildman–Crippen MR) is 64.3 cm³/mol. The molecule has 16 heavy (non-hydrogen) atoms. The number of aliphatic hydroxyl groups excluding tert-OH is 1. The molecule has 0 aliphatic heterocycles. The van der Waals surface area contributed by atoms with Crippen LogP contribution >= 0.6 is 0 Å². The highest BCUT2D eigenvalue weighted by Gasteiger charge is 2.09. The van der Waals surface area contributed by atoms with Crippen LogP contribution in [0.25, 0.3) is 0 Å². The van der Waals surface area contributed by atoms with Gasteiger partial charge in [0.2, 0.25) is 5.91 Å². The molecule has 0 spiro atoms. The summed E-state index contributed by atoms with van der Waals surface area (Å²) in [5, 5.41) is 11.3. The lowest BCUT2D eigenvalue weighted by molar-refractivity contribution is -0.123. The first-order chi connectivity index (χ1) is 7.47. The van der Waals surface area contributed by atoms with E-state index in [0.717, 1.165) is 5.56 Å². The summed E-state index contributed by atoms with van der Waals surface area (Å²) in [4.78, 5) is 11.0. The third-order valence-electron chi connectivity index (χ3n) is 3.13. The highest BCUT2D eigenvalue weighted by Crippen LogP contribution is 2.21. The molecule has 0 unspecified atom stereocenters. The second-order valence-electron chi connectivity index (χ2n) is 4.17. The van der Waals surface area contributed by atoms with Crippen molar-refractivity contribution in [2.75, 3.05) is 6.61 Å². The van der Waals surface area contributed by atoms with Crippen LogP contribution in [0.1, 0.15) is 27.8 Å². The van der Waals surface area contributed by atoms with E-state index in [4.69, 9.17) is 5.11 Å². The van der Waals surface area contributed by atoms with Crippen molar-refractivity contribution in [2.45, 2.75) is 34.2 Å². The molecule has 2 N–H and O–H groups in total. The van der Waals surface area contributed by atoms with Crippen LogP contribution in [-0.4, -0.2) is 17.6 Å². The van der Waals surface area contributed by atoms with Gasteiger partial charge in [0.15, 0.2) is 0 Å². The highest BCUT2D eigenvalue weighted by molar-refractivity contribution is 5.76. The maximum absolute atomic E-state index is 11.0. The van der Waals surface area contributed by atoms with Crippen molar-refractivity contribution in [3.63, 3.8) is 0 Å². The molecule has 0 bridgehead atoms. The molecule has 3 heteroatoms. The monoisotopic (exact) mass is 221 g/mol. The summed E-state index contributed by atoms with van der Waals surface area (Å²) in [6, 6.07) is 2.15. The summed E-state index contributed by atoms with van der Waals surface area (Å²) in [5.41, 5.74) is 6.04. The molecule has 0 aromatic heterocycles. The summed E-state index contributed by atoms with van der Waals surface area (Å²) >= 11 is 0. The zero-order chi connectivity index (χ0) is 12.3. The van der Waals surface area contributed by atoms with Gasteiger partial charge in [0.25, 0.3) is 0 Å². The Hall–Kier alpha value is -1.35. The zero-order valence-electron chi connectivity index (χ0n) is 10.3. The third kappa shape index (κ3) is 2.61. The number of hydrogen-bond donors (Lipinski definition) is 2. The summed E-state index contributed by atoms with van der Waals surface area (Å²) < 4.78 is 0. The van der Waals surface area contributed by atoms with Gasteiger partial charge < -0.3 is 10.4 Å². The summed E-state index contributed by atoms with van der Waals surface area (Å²) in [5.74, 6) is -0.335. The number of amides is 1. The largest absolute Gasteiger partial charge is 0.387 e. The molecule has 1 amide bonds. The van der Waals surface area contributed by atoms with Crippen molar-refractivity contribution in [3.8, 4) is 0 Å². The van der Waals surface area contributed by atoms with Crippen LogP contribution in [-0.2, 0) is 11.3 Å². The van der Waals surface area contributed by atoms with Crippen LogP contribution in [0.5, 0.6) is 0 Å². The van der Waals surface area contributed by atoms with E-state index in [1.165, 1.54) is 22.3 Å². The fourth-order valence-corrected chi connectivity index (χ4v) is 1.81. The normalized spacial score (nSPS) is 10.3. The number of carbonyl (C=O) groups is 1. The first-order valence-electron chi connectivity index (χ1n) is 5.41.